The molecule has 0 spiro atoms. The molecule has 0 saturated carbocycles. The third kappa shape index (κ3) is 3.91. The van der Waals surface area contributed by atoms with Crippen LogP contribution in [0.2, 0.25) is 0 Å². The van der Waals surface area contributed by atoms with E-state index >= 15 is 0 Å². The lowest BCUT2D eigenvalue weighted by Crippen LogP contribution is -2.44. The minimum absolute atomic E-state index is 0.286. The molecule has 0 unspecified atom stereocenters. The highest BCUT2D eigenvalue weighted by atomic mass is 16.5. The number of anilines is 2. The van der Waals surface area contributed by atoms with Gasteiger partial charge in [0.15, 0.2) is 0 Å². The van der Waals surface area contributed by atoms with Gasteiger partial charge < -0.3 is 35.0 Å². The van der Waals surface area contributed by atoms with Crippen LogP contribution in [0.3, 0.4) is 0 Å². The number of rotatable bonds is 6. The van der Waals surface area contributed by atoms with Crippen LogP contribution in [0.4, 0.5) is 11.4 Å². The van der Waals surface area contributed by atoms with Gasteiger partial charge in [-0.05, 0) is 42.4 Å². The van der Waals surface area contributed by atoms with E-state index in [1.54, 1.807) is 14.2 Å². The fraction of sp³-hybridized carbons (Fsp3) is 0.360. The summed E-state index contributed by atoms with van der Waals surface area (Å²) in [5.41, 5.74) is 12.4. The molecule has 4 N–H and O–H groups in total. The maximum atomic E-state index is 13.1. The van der Waals surface area contributed by atoms with Gasteiger partial charge in [-0.2, -0.15) is 0 Å². The number of aromatic nitrogens is 3. The predicted molar refractivity (Wildman–Crippen MR) is 135 cm³/mol. The van der Waals surface area contributed by atoms with Crippen LogP contribution in [0.5, 0.6) is 0 Å². The summed E-state index contributed by atoms with van der Waals surface area (Å²) < 4.78 is 10.8. The van der Waals surface area contributed by atoms with Crippen LogP contribution in [-0.4, -0.2) is 67.3 Å². The lowest BCUT2D eigenvalue weighted by Gasteiger charge is -2.34. The van der Waals surface area contributed by atoms with Gasteiger partial charge in [-0.25, -0.2) is 4.98 Å². The summed E-state index contributed by atoms with van der Waals surface area (Å²) in [5.74, 6) is 0.451. The van der Waals surface area contributed by atoms with Crippen molar-refractivity contribution >= 4 is 33.3 Å². The number of hydrogen-bond acceptors (Lipinski definition) is 7. The van der Waals surface area contributed by atoms with Crippen LogP contribution >= 0.6 is 0 Å². The number of piperazine rings is 1. The van der Waals surface area contributed by atoms with Crippen molar-refractivity contribution < 1.29 is 9.47 Å². The largest absolute Gasteiger partial charge is 0.397 e. The molecule has 178 valence electrons. The average molecular weight is 463 g/mol. The predicted octanol–water partition coefficient (Wildman–Crippen LogP) is 2.70. The number of nitrogens with zero attached hydrogens (tertiary/aromatic N) is 3. The SMILES string of the molecule is COCc1ccc2[nH]c(=O)c(-c3nc4ccc(N5CCN(C)CC5)cc4[nH]3)c(N)c2c1COC. The van der Waals surface area contributed by atoms with Gasteiger partial charge in [0.05, 0.1) is 35.5 Å². The molecule has 1 fully saturated rings. The second-order valence-electron chi connectivity index (χ2n) is 8.81. The minimum atomic E-state index is -0.286. The summed E-state index contributed by atoms with van der Waals surface area (Å²) in [6.07, 6.45) is 0. The lowest BCUT2D eigenvalue weighted by atomic mass is 9.99. The molecule has 0 amide bonds. The summed E-state index contributed by atoms with van der Waals surface area (Å²) in [6, 6.07) is 9.94. The Hall–Kier alpha value is -3.40. The number of H-pyrrole nitrogens is 2. The van der Waals surface area contributed by atoms with E-state index in [9.17, 15) is 4.79 Å². The van der Waals surface area contributed by atoms with Crippen LogP contribution in [0, 0.1) is 0 Å². The standard InChI is InChI=1S/C25H30N6O3/c1-30-8-10-31(11-9-30)16-5-7-18-20(12-16)28-24(27-18)22-23(26)21-17(14-34-3)15(13-33-2)4-6-19(21)29-25(22)32/h4-7,12H,8-11,13-14H2,1-3H3,(H,27,28)(H3,26,29,32). The molecule has 0 atom stereocenters. The van der Waals surface area contributed by atoms with E-state index in [4.69, 9.17) is 20.2 Å². The zero-order valence-corrected chi connectivity index (χ0v) is 19.8. The molecule has 1 aliphatic rings. The number of ether oxygens (including phenoxy) is 2. The average Bonchev–Trinajstić information content (AvgIpc) is 3.24. The number of aromatic amines is 2. The van der Waals surface area contributed by atoms with Gasteiger partial charge in [0.1, 0.15) is 11.4 Å². The second-order valence-corrected chi connectivity index (χ2v) is 8.81. The van der Waals surface area contributed by atoms with Gasteiger partial charge in [0.25, 0.3) is 5.56 Å². The van der Waals surface area contributed by atoms with Crippen molar-refractivity contribution in [3.8, 4) is 11.4 Å². The van der Waals surface area contributed by atoms with Gasteiger partial charge in [-0.1, -0.05) is 6.07 Å². The van der Waals surface area contributed by atoms with E-state index in [2.05, 4.69) is 38.9 Å². The first-order valence-electron chi connectivity index (χ1n) is 11.4. The normalized spacial score (nSPS) is 15.0. The molecule has 0 aliphatic carbocycles. The summed E-state index contributed by atoms with van der Waals surface area (Å²) in [7, 11) is 5.42. The topological polar surface area (TPSA) is 112 Å². The van der Waals surface area contributed by atoms with Crippen molar-refractivity contribution in [3.05, 3.63) is 51.8 Å². The molecule has 3 heterocycles. The van der Waals surface area contributed by atoms with E-state index in [1.165, 1.54) is 0 Å². The summed E-state index contributed by atoms with van der Waals surface area (Å²) in [6.45, 7) is 4.79. The van der Waals surface area contributed by atoms with Gasteiger partial charge in [0, 0.05) is 51.5 Å². The molecule has 9 nitrogen and oxygen atoms in total. The van der Waals surface area contributed by atoms with E-state index in [1.807, 2.05) is 18.2 Å². The number of likely N-dealkylation sites (N-methyl/N-ethyl adjacent to an activating group) is 1. The summed E-state index contributed by atoms with van der Waals surface area (Å²) in [4.78, 5) is 28.8. The lowest BCUT2D eigenvalue weighted by molar-refractivity contribution is 0.169. The highest BCUT2D eigenvalue weighted by Gasteiger charge is 2.20. The Balaban J connectivity index is 1.62. The van der Waals surface area contributed by atoms with Crippen LogP contribution in [0.15, 0.2) is 35.1 Å². The Kier molecular flexibility index (Phi) is 5.99. The maximum Gasteiger partial charge on any atom is 0.261 e. The van der Waals surface area contributed by atoms with E-state index in [-0.39, 0.29) is 5.56 Å². The Morgan fingerprint density at radius 1 is 1.00 bits per heavy atom. The number of imidazole rings is 1. The number of nitrogens with two attached hydrogens (primary N) is 1. The Morgan fingerprint density at radius 2 is 1.76 bits per heavy atom. The van der Waals surface area contributed by atoms with Crippen LogP contribution < -0.4 is 16.2 Å². The van der Waals surface area contributed by atoms with Crippen LogP contribution in [-0.2, 0) is 22.7 Å². The summed E-state index contributed by atoms with van der Waals surface area (Å²) >= 11 is 0. The minimum Gasteiger partial charge on any atom is -0.397 e. The smallest absolute Gasteiger partial charge is 0.261 e. The molecule has 5 rings (SSSR count). The number of pyridine rings is 1. The molecule has 9 heteroatoms. The third-order valence-corrected chi connectivity index (χ3v) is 6.58. The number of hydrogen-bond donors (Lipinski definition) is 3. The van der Waals surface area contributed by atoms with Crippen molar-refractivity contribution in [3.63, 3.8) is 0 Å². The van der Waals surface area contributed by atoms with Crippen LogP contribution in [0.25, 0.3) is 33.3 Å². The van der Waals surface area contributed by atoms with Crippen molar-refractivity contribution in [2.45, 2.75) is 13.2 Å². The first-order chi connectivity index (χ1) is 16.5. The van der Waals surface area contributed by atoms with Gasteiger partial charge in [0.2, 0.25) is 0 Å². The zero-order valence-electron chi connectivity index (χ0n) is 19.8. The highest BCUT2D eigenvalue weighted by Crippen LogP contribution is 2.33. The van der Waals surface area contributed by atoms with Gasteiger partial charge >= 0.3 is 0 Å². The molecule has 4 aromatic rings. The molecule has 1 aliphatic heterocycles. The number of nitrogens with one attached hydrogen (secondary N) is 2. The molecule has 2 aromatic heterocycles. The van der Waals surface area contributed by atoms with Crippen molar-refractivity contribution in [2.24, 2.45) is 0 Å². The maximum absolute atomic E-state index is 13.1. The van der Waals surface area contributed by atoms with E-state index < -0.39 is 0 Å². The van der Waals surface area contributed by atoms with Crippen molar-refractivity contribution in [2.75, 3.05) is 58.1 Å². The van der Waals surface area contributed by atoms with Crippen molar-refractivity contribution in [1.29, 1.82) is 0 Å². The summed E-state index contributed by atoms with van der Waals surface area (Å²) in [5, 5.41) is 0.754. The quantitative estimate of drug-likeness (QED) is 0.404. The molecule has 34 heavy (non-hydrogen) atoms. The molecule has 2 aromatic carbocycles. The van der Waals surface area contributed by atoms with E-state index in [0.29, 0.717) is 35.8 Å². The number of fused-ring (bicyclic) bond motifs is 2. The molecular formula is C25H30N6O3. The van der Waals surface area contributed by atoms with E-state index in [0.717, 1.165) is 59.4 Å². The van der Waals surface area contributed by atoms with Gasteiger partial charge in [-0.3, -0.25) is 4.79 Å². The van der Waals surface area contributed by atoms with Crippen LogP contribution in [0.1, 0.15) is 11.1 Å². The molecule has 0 bridgehead atoms. The number of nitrogen functional groups attached to an aromatic ring is 1. The molecule has 0 radical (unpaired) electrons. The fourth-order valence-corrected chi connectivity index (χ4v) is 4.75. The Labute approximate surface area is 197 Å². The van der Waals surface area contributed by atoms with Gasteiger partial charge in [-0.15, -0.1) is 0 Å². The molecular weight excluding hydrogens is 432 g/mol. The van der Waals surface area contributed by atoms with Crippen molar-refractivity contribution in [1.82, 2.24) is 19.9 Å². The highest BCUT2D eigenvalue weighted by molar-refractivity contribution is 6.00. The number of methoxy groups -OCH3 is 2. The Bertz CT molecular complexity index is 1400. The first kappa shape index (κ1) is 22.4. The first-order valence-corrected chi connectivity index (χ1v) is 11.4. The monoisotopic (exact) mass is 462 g/mol. The fourth-order valence-electron chi connectivity index (χ4n) is 4.75. The molecule has 1 saturated heterocycles. The Morgan fingerprint density at radius 3 is 2.50 bits per heavy atom. The number of benzene rings is 2. The third-order valence-electron chi connectivity index (χ3n) is 6.58. The second kappa shape index (κ2) is 9.09. The zero-order chi connectivity index (χ0) is 23.8.